The van der Waals surface area contributed by atoms with E-state index in [2.05, 4.69) is 0 Å². The molecule has 12 bridgehead atoms. The maximum absolute atomic E-state index is 5.57. The molecule has 14 unspecified atom stereocenters. The van der Waals surface area contributed by atoms with Crippen molar-refractivity contribution in [2.45, 2.75) is 140 Å². The molecule has 8 rings (SSSR count). The molecule has 0 aromatic heterocycles. The molecule has 202 valence electrons. The first-order valence-electron chi connectivity index (χ1n) is 17.3. The summed E-state index contributed by atoms with van der Waals surface area (Å²) in [6, 6.07) is 0. The maximum atomic E-state index is 5.57. The number of rotatable bonds is 0. The zero-order valence-corrected chi connectivity index (χ0v) is 24.2. The fraction of sp³-hybridized carbons (Fsp3) is 1.00. The normalized spacial score (nSPS) is 58.4. The topological polar surface area (TPSA) is 0 Å². The third-order valence-corrected chi connectivity index (χ3v) is 15.6. The Labute approximate surface area is 228 Å². The molecule has 0 radical (unpaired) electrons. The standard InChI is InChI=1S/C35H56S/c36-34-21-33-20-28-8-9-29(34)13-23-3-1-2-22-10-24-4-5-25-11-26-6-7-27(12-28)19-32(18-26)35(33,30(14-22)15-23)31(16-24)17-25/h22-34,36H,1-21H2. The Morgan fingerprint density at radius 1 is 0.361 bits per heavy atom. The van der Waals surface area contributed by atoms with Gasteiger partial charge in [0.05, 0.1) is 0 Å². The Morgan fingerprint density at radius 2 is 0.722 bits per heavy atom. The van der Waals surface area contributed by atoms with Crippen LogP contribution >= 0.6 is 12.6 Å². The van der Waals surface area contributed by atoms with Gasteiger partial charge in [0.2, 0.25) is 0 Å². The van der Waals surface area contributed by atoms with Gasteiger partial charge >= 0.3 is 0 Å². The summed E-state index contributed by atoms with van der Waals surface area (Å²) in [7, 11) is 0. The summed E-state index contributed by atoms with van der Waals surface area (Å²) in [4.78, 5) is 0. The van der Waals surface area contributed by atoms with Crippen molar-refractivity contribution in [1.82, 2.24) is 0 Å². The minimum absolute atomic E-state index is 0.697. The number of hydrogen-bond donors (Lipinski definition) is 1. The molecule has 0 nitrogen and oxygen atoms in total. The molecule has 0 aromatic carbocycles. The van der Waals surface area contributed by atoms with E-state index >= 15 is 0 Å². The van der Waals surface area contributed by atoms with E-state index in [-0.39, 0.29) is 0 Å². The monoisotopic (exact) mass is 508 g/mol. The lowest BCUT2D eigenvalue weighted by Gasteiger charge is -2.62. The summed E-state index contributed by atoms with van der Waals surface area (Å²) >= 11 is 5.57. The zero-order valence-electron chi connectivity index (χ0n) is 23.3. The van der Waals surface area contributed by atoms with Gasteiger partial charge in [-0.2, -0.15) is 12.6 Å². The fourth-order valence-electron chi connectivity index (χ4n) is 14.0. The fourth-order valence-corrected chi connectivity index (χ4v) is 14.6. The molecule has 8 saturated carbocycles. The zero-order chi connectivity index (χ0) is 23.9. The van der Waals surface area contributed by atoms with Crippen LogP contribution in [0.2, 0.25) is 0 Å². The molecule has 0 amide bonds. The van der Waals surface area contributed by atoms with Crippen LogP contribution in [0.25, 0.3) is 0 Å². The molecule has 8 fully saturated rings. The first-order chi connectivity index (χ1) is 17.6. The smallest absolute Gasteiger partial charge is 0.00480 e. The van der Waals surface area contributed by atoms with Crippen molar-refractivity contribution >= 4 is 12.6 Å². The molecule has 8 aliphatic carbocycles. The molecule has 0 heterocycles. The highest BCUT2D eigenvalue weighted by Crippen LogP contribution is 2.69. The van der Waals surface area contributed by atoms with Crippen molar-refractivity contribution in [3.05, 3.63) is 0 Å². The van der Waals surface area contributed by atoms with Crippen molar-refractivity contribution in [1.29, 1.82) is 0 Å². The van der Waals surface area contributed by atoms with Crippen molar-refractivity contribution in [3.8, 4) is 0 Å². The van der Waals surface area contributed by atoms with E-state index in [1.165, 1.54) is 12.8 Å². The van der Waals surface area contributed by atoms with Crippen LogP contribution in [0.4, 0.5) is 0 Å². The van der Waals surface area contributed by atoms with Gasteiger partial charge in [0, 0.05) is 5.25 Å². The quantitative estimate of drug-likeness (QED) is 0.309. The van der Waals surface area contributed by atoms with Crippen LogP contribution in [-0.4, -0.2) is 5.25 Å². The Hall–Kier alpha value is 0.350. The van der Waals surface area contributed by atoms with Crippen LogP contribution in [0.5, 0.6) is 0 Å². The van der Waals surface area contributed by atoms with E-state index in [1.807, 2.05) is 0 Å². The van der Waals surface area contributed by atoms with Crippen molar-refractivity contribution in [2.75, 3.05) is 0 Å². The molecule has 14 atom stereocenters. The lowest BCUT2D eigenvalue weighted by Crippen LogP contribution is -2.55. The number of thiol groups is 1. The summed E-state index contributed by atoms with van der Waals surface area (Å²) < 4.78 is 0. The molecule has 1 heteroatoms. The van der Waals surface area contributed by atoms with Crippen LogP contribution in [0.15, 0.2) is 0 Å². The van der Waals surface area contributed by atoms with Gasteiger partial charge in [0.25, 0.3) is 0 Å². The van der Waals surface area contributed by atoms with Crippen molar-refractivity contribution < 1.29 is 0 Å². The highest BCUT2D eigenvalue weighted by Gasteiger charge is 2.61. The highest BCUT2D eigenvalue weighted by molar-refractivity contribution is 7.81. The predicted molar refractivity (Wildman–Crippen MR) is 154 cm³/mol. The Kier molecular flexibility index (Phi) is 6.36. The van der Waals surface area contributed by atoms with Gasteiger partial charge in [0.1, 0.15) is 0 Å². The van der Waals surface area contributed by atoms with Gasteiger partial charge in [-0.1, -0.05) is 51.4 Å². The Morgan fingerprint density at radius 3 is 1.19 bits per heavy atom. The van der Waals surface area contributed by atoms with Crippen LogP contribution < -0.4 is 0 Å². The largest absolute Gasteiger partial charge is 0.176 e. The molecule has 0 aromatic rings. The van der Waals surface area contributed by atoms with Gasteiger partial charge in [-0.25, -0.2) is 0 Å². The van der Waals surface area contributed by atoms with Crippen LogP contribution in [0.3, 0.4) is 0 Å². The SMILES string of the molecule is SC1CC2CC3CCC1CC1CCCC4CC5CCC6CC7CCC(C3)CC(C7)C2(C(C6)C5)C(C4)C1. The summed E-state index contributed by atoms with van der Waals surface area (Å²) in [5.74, 6) is 12.6. The van der Waals surface area contributed by atoms with E-state index in [1.54, 1.807) is 122 Å². The van der Waals surface area contributed by atoms with Gasteiger partial charge in [-0.05, 0) is 160 Å². The molecule has 0 N–H and O–H groups in total. The van der Waals surface area contributed by atoms with Crippen LogP contribution in [0, 0.1) is 76.4 Å². The molecular weight excluding hydrogens is 452 g/mol. The highest BCUT2D eigenvalue weighted by atomic mass is 32.1. The van der Waals surface area contributed by atoms with Gasteiger partial charge in [0.15, 0.2) is 0 Å². The van der Waals surface area contributed by atoms with Crippen molar-refractivity contribution in [2.24, 2.45) is 76.4 Å². The van der Waals surface area contributed by atoms with Crippen LogP contribution in [-0.2, 0) is 0 Å². The van der Waals surface area contributed by atoms with E-state index in [0.29, 0.717) is 10.7 Å². The molecule has 0 aliphatic heterocycles. The third-order valence-electron chi connectivity index (χ3n) is 15.0. The lowest BCUT2D eigenvalue weighted by molar-refractivity contribution is -0.131. The Bertz CT molecular complexity index is 786. The summed E-state index contributed by atoms with van der Waals surface area (Å²) in [6.45, 7) is 0. The summed E-state index contributed by atoms with van der Waals surface area (Å²) in [5, 5.41) is 0.702. The van der Waals surface area contributed by atoms with Crippen LogP contribution in [0.1, 0.15) is 135 Å². The second-order valence-corrected chi connectivity index (χ2v) is 17.3. The second-order valence-electron chi connectivity index (χ2n) is 16.7. The van der Waals surface area contributed by atoms with Crippen molar-refractivity contribution in [3.63, 3.8) is 0 Å². The predicted octanol–water partition coefficient (Wildman–Crippen LogP) is 9.97. The van der Waals surface area contributed by atoms with E-state index in [0.717, 1.165) is 71.0 Å². The summed E-state index contributed by atoms with van der Waals surface area (Å²) in [5.41, 5.74) is 0.697. The Balaban J connectivity index is 1.37. The van der Waals surface area contributed by atoms with Gasteiger partial charge in [-0.3, -0.25) is 0 Å². The molecule has 0 saturated heterocycles. The minimum atomic E-state index is 0.697. The van der Waals surface area contributed by atoms with Gasteiger partial charge in [-0.15, -0.1) is 0 Å². The molecule has 36 heavy (non-hydrogen) atoms. The summed E-state index contributed by atoms with van der Waals surface area (Å²) in [6.07, 6.45) is 33.7. The molecule has 8 aliphatic rings. The van der Waals surface area contributed by atoms with E-state index < -0.39 is 0 Å². The maximum Gasteiger partial charge on any atom is 0.00480 e. The first-order valence-corrected chi connectivity index (χ1v) is 17.8. The number of fused-ring (bicyclic) bond motifs is 9. The average Bonchev–Trinajstić information content (AvgIpc) is 3.14. The third kappa shape index (κ3) is 4.03. The minimum Gasteiger partial charge on any atom is -0.176 e. The second kappa shape index (κ2) is 9.47. The van der Waals surface area contributed by atoms with E-state index in [4.69, 9.17) is 12.6 Å². The van der Waals surface area contributed by atoms with E-state index in [9.17, 15) is 0 Å². The lowest BCUT2D eigenvalue weighted by atomic mass is 9.43. The molecule has 1 spiro atoms. The van der Waals surface area contributed by atoms with Gasteiger partial charge < -0.3 is 0 Å². The molecular formula is C35H56S. The average molecular weight is 509 g/mol. The number of hydrogen-bond acceptors (Lipinski definition) is 1. The first kappa shape index (κ1) is 24.2.